The smallest absolute Gasteiger partial charge is 0.408 e. The molecule has 5 nitrogen and oxygen atoms in total. The molecular weight excluding hydrogens is 434 g/mol. The topological polar surface area (TPSA) is 53.6 Å². The van der Waals surface area contributed by atoms with Crippen molar-refractivity contribution >= 4 is 24.2 Å². The molecule has 6 heteroatoms. The average molecular weight is 466 g/mol. The zero-order valence-electron chi connectivity index (χ0n) is 18.9. The molecule has 2 N–H and O–H groups in total. The summed E-state index contributed by atoms with van der Waals surface area (Å²) in [6.45, 7) is 2.77. The summed E-state index contributed by atoms with van der Waals surface area (Å²) in [5.41, 5.74) is 4.50. The van der Waals surface area contributed by atoms with Crippen LogP contribution in [0.3, 0.4) is 0 Å². The van der Waals surface area contributed by atoms with Crippen molar-refractivity contribution in [2.75, 3.05) is 25.5 Å². The summed E-state index contributed by atoms with van der Waals surface area (Å²) in [7, 11) is 1.93. The maximum atomic E-state index is 12.7. The van der Waals surface area contributed by atoms with Crippen molar-refractivity contribution in [2.45, 2.75) is 31.5 Å². The van der Waals surface area contributed by atoms with Crippen LogP contribution in [0, 0.1) is 0 Å². The first-order chi connectivity index (χ1) is 15.7. The summed E-state index contributed by atoms with van der Waals surface area (Å²) in [5.74, 6) is 0. The van der Waals surface area contributed by atoms with Crippen LogP contribution in [-0.2, 0) is 11.3 Å². The third kappa shape index (κ3) is 6.98. The SMILES string of the molecule is CNc1ccc(CN2CCC(OC(=O)NC(c3ccccc3)c3ccccc3)CC2)cc1.Cl. The molecule has 0 spiro atoms. The van der Waals surface area contributed by atoms with Crippen LogP contribution in [0.4, 0.5) is 10.5 Å². The molecule has 0 radical (unpaired) electrons. The van der Waals surface area contributed by atoms with Gasteiger partial charge in [0.15, 0.2) is 0 Å². The molecule has 1 amide bonds. The normalized spacial score (nSPS) is 14.4. The number of anilines is 1. The van der Waals surface area contributed by atoms with Crippen LogP contribution in [0.15, 0.2) is 84.9 Å². The number of hydrogen-bond donors (Lipinski definition) is 2. The highest BCUT2D eigenvalue weighted by molar-refractivity contribution is 5.85. The number of ether oxygens (including phenoxy) is 1. The minimum atomic E-state index is -0.358. The number of carbonyl (C=O) groups excluding carboxylic acids is 1. The highest BCUT2D eigenvalue weighted by Crippen LogP contribution is 2.23. The van der Waals surface area contributed by atoms with Crippen molar-refractivity contribution < 1.29 is 9.53 Å². The Morgan fingerprint density at radius 1 is 0.909 bits per heavy atom. The predicted molar refractivity (Wildman–Crippen MR) is 136 cm³/mol. The van der Waals surface area contributed by atoms with Gasteiger partial charge in [-0.15, -0.1) is 12.4 Å². The fourth-order valence-electron chi connectivity index (χ4n) is 4.17. The Balaban J connectivity index is 0.00000306. The van der Waals surface area contributed by atoms with Crippen LogP contribution >= 0.6 is 12.4 Å². The Labute approximate surface area is 202 Å². The third-order valence-electron chi connectivity index (χ3n) is 5.99. The van der Waals surface area contributed by atoms with Gasteiger partial charge >= 0.3 is 6.09 Å². The first kappa shape index (κ1) is 24.6. The fraction of sp³-hybridized carbons (Fsp3) is 0.296. The van der Waals surface area contributed by atoms with Crippen molar-refractivity contribution in [3.63, 3.8) is 0 Å². The number of hydrogen-bond acceptors (Lipinski definition) is 4. The van der Waals surface area contributed by atoms with E-state index < -0.39 is 0 Å². The minimum absolute atomic E-state index is 0. The first-order valence-corrected chi connectivity index (χ1v) is 11.3. The van der Waals surface area contributed by atoms with Gasteiger partial charge in [0.2, 0.25) is 0 Å². The number of amides is 1. The molecule has 1 fully saturated rings. The molecule has 3 aromatic rings. The van der Waals surface area contributed by atoms with Crippen LogP contribution in [0.5, 0.6) is 0 Å². The maximum absolute atomic E-state index is 12.7. The molecule has 1 heterocycles. The monoisotopic (exact) mass is 465 g/mol. The number of carbonyl (C=O) groups is 1. The van der Waals surface area contributed by atoms with Crippen molar-refractivity contribution in [3.05, 3.63) is 102 Å². The molecule has 1 saturated heterocycles. The number of nitrogens with one attached hydrogen (secondary N) is 2. The highest BCUT2D eigenvalue weighted by Gasteiger charge is 2.24. The summed E-state index contributed by atoms with van der Waals surface area (Å²) in [6, 6.07) is 28.3. The van der Waals surface area contributed by atoms with Crippen LogP contribution < -0.4 is 10.6 Å². The van der Waals surface area contributed by atoms with Crippen LogP contribution in [-0.4, -0.2) is 37.2 Å². The van der Waals surface area contributed by atoms with Gasteiger partial charge in [-0.25, -0.2) is 4.79 Å². The number of alkyl carbamates (subject to hydrolysis) is 1. The van der Waals surface area contributed by atoms with Gasteiger partial charge in [-0.3, -0.25) is 4.90 Å². The van der Waals surface area contributed by atoms with E-state index in [2.05, 4.69) is 39.8 Å². The molecule has 33 heavy (non-hydrogen) atoms. The van der Waals surface area contributed by atoms with E-state index >= 15 is 0 Å². The summed E-state index contributed by atoms with van der Waals surface area (Å²) < 4.78 is 5.81. The predicted octanol–water partition coefficient (Wildman–Crippen LogP) is 5.63. The average Bonchev–Trinajstić information content (AvgIpc) is 2.85. The summed E-state index contributed by atoms with van der Waals surface area (Å²) in [4.78, 5) is 15.2. The Morgan fingerprint density at radius 2 is 1.45 bits per heavy atom. The van der Waals surface area contributed by atoms with E-state index in [0.29, 0.717) is 0 Å². The summed E-state index contributed by atoms with van der Waals surface area (Å²) in [6.07, 6.45) is 1.29. The zero-order valence-corrected chi connectivity index (χ0v) is 19.8. The van der Waals surface area contributed by atoms with E-state index in [1.807, 2.05) is 67.7 Å². The lowest BCUT2D eigenvalue weighted by molar-refractivity contribution is 0.0476. The van der Waals surface area contributed by atoms with E-state index in [9.17, 15) is 4.79 Å². The molecule has 3 aromatic carbocycles. The van der Waals surface area contributed by atoms with Gasteiger partial charge in [0.05, 0.1) is 6.04 Å². The van der Waals surface area contributed by atoms with Crippen molar-refractivity contribution in [3.8, 4) is 0 Å². The lowest BCUT2D eigenvalue weighted by atomic mass is 9.99. The van der Waals surface area contributed by atoms with Crippen molar-refractivity contribution in [2.24, 2.45) is 0 Å². The maximum Gasteiger partial charge on any atom is 0.408 e. The zero-order chi connectivity index (χ0) is 22.2. The Bertz CT molecular complexity index is 936. The lowest BCUT2D eigenvalue weighted by Crippen LogP contribution is -2.40. The van der Waals surface area contributed by atoms with Gasteiger partial charge in [-0.05, 0) is 41.7 Å². The largest absolute Gasteiger partial charge is 0.446 e. The van der Waals surface area contributed by atoms with Crippen LogP contribution in [0.25, 0.3) is 0 Å². The van der Waals surface area contributed by atoms with E-state index in [4.69, 9.17) is 4.74 Å². The van der Waals surface area contributed by atoms with Crippen LogP contribution in [0.2, 0.25) is 0 Å². The fourth-order valence-corrected chi connectivity index (χ4v) is 4.17. The number of likely N-dealkylation sites (tertiary alicyclic amines) is 1. The molecule has 0 unspecified atom stereocenters. The minimum Gasteiger partial charge on any atom is -0.446 e. The van der Waals surface area contributed by atoms with Crippen molar-refractivity contribution in [1.82, 2.24) is 10.2 Å². The van der Waals surface area contributed by atoms with E-state index in [1.165, 1.54) is 5.56 Å². The van der Waals surface area contributed by atoms with Gasteiger partial charge in [-0.1, -0.05) is 72.8 Å². The lowest BCUT2D eigenvalue weighted by Gasteiger charge is -2.32. The number of rotatable bonds is 7. The Hall–Kier alpha value is -3.02. The number of piperidine rings is 1. The van der Waals surface area contributed by atoms with E-state index in [0.717, 1.165) is 49.3 Å². The van der Waals surface area contributed by atoms with E-state index in [1.54, 1.807) is 0 Å². The molecule has 0 saturated carbocycles. The second-order valence-electron chi connectivity index (χ2n) is 8.23. The van der Waals surface area contributed by atoms with Crippen molar-refractivity contribution in [1.29, 1.82) is 0 Å². The standard InChI is InChI=1S/C27H31N3O2.ClH/c1-28-24-14-12-21(13-15-24)20-30-18-16-25(17-19-30)32-27(31)29-26(22-8-4-2-5-9-22)23-10-6-3-7-11-23;/h2-15,25-26,28H,16-20H2,1H3,(H,29,31);1H. The van der Waals surface area contributed by atoms with Gasteiger partial charge in [-0.2, -0.15) is 0 Å². The third-order valence-corrected chi connectivity index (χ3v) is 5.99. The molecule has 0 aromatic heterocycles. The molecule has 1 aliphatic rings. The highest BCUT2D eigenvalue weighted by atomic mass is 35.5. The quantitative estimate of drug-likeness (QED) is 0.474. The Kier molecular flexibility index (Phi) is 9.16. The number of benzene rings is 3. The number of halogens is 1. The van der Waals surface area contributed by atoms with Gasteiger partial charge in [0.1, 0.15) is 6.10 Å². The summed E-state index contributed by atoms with van der Waals surface area (Å²) >= 11 is 0. The molecule has 1 aliphatic heterocycles. The summed E-state index contributed by atoms with van der Waals surface area (Å²) in [5, 5.41) is 6.23. The van der Waals surface area contributed by atoms with Gasteiger partial charge in [0, 0.05) is 32.4 Å². The van der Waals surface area contributed by atoms with Crippen LogP contribution in [0.1, 0.15) is 35.6 Å². The Morgan fingerprint density at radius 3 is 1.97 bits per heavy atom. The molecule has 0 aliphatic carbocycles. The second-order valence-corrected chi connectivity index (χ2v) is 8.23. The molecular formula is C27H32ClN3O2. The van der Waals surface area contributed by atoms with Gasteiger partial charge in [0.25, 0.3) is 0 Å². The molecule has 174 valence electrons. The molecule has 4 rings (SSSR count). The molecule has 0 bridgehead atoms. The second kappa shape index (κ2) is 12.3. The first-order valence-electron chi connectivity index (χ1n) is 11.3. The van der Waals surface area contributed by atoms with E-state index in [-0.39, 0.29) is 30.6 Å². The molecule has 0 atom stereocenters. The van der Waals surface area contributed by atoms with Gasteiger partial charge < -0.3 is 15.4 Å². The number of nitrogens with zero attached hydrogens (tertiary/aromatic N) is 1.